The summed E-state index contributed by atoms with van der Waals surface area (Å²) in [6, 6.07) is 0. The van der Waals surface area contributed by atoms with Crippen molar-refractivity contribution < 1.29 is 4.74 Å². The number of ether oxygens (including phenoxy) is 1. The summed E-state index contributed by atoms with van der Waals surface area (Å²) in [5.74, 6) is 0. The molecule has 11 heavy (non-hydrogen) atoms. The van der Waals surface area contributed by atoms with E-state index in [1.165, 1.54) is 0 Å². The number of rotatable bonds is 5. The first kappa shape index (κ1) is 10.2. The topological polar surface area (TPSA) is 9.23 Å². The molecule has 0 N–H and O–H groups in total. The molecule has 0 bridgehead atoms. The smallest absolute Gasteiger partial charge is 0.0716 e. The van der Waals surface area contributed by atoms with Gasteiger partial charge in [0.15, 0.2) is 0 Å². The van der Waals surface area contributed by atoms with Crippen LogP contribution < -0.4 is 0 Å². The minimum absolute atomic E-state index is 0.657. The van der Waals surface area contributed by atoms with Crippen molar-refractivity contribution >= 4 is 0 Å². The van der Waals surface area contributed by atoms with Gasteiger partial charge in [0.05, 0.1) is 6.61 Å². The molecule has 0 aromatic carbocycles. The molecule has 0 saturated heterocycles. The van der Waals surface area contributed by atoms with Gasteiger partial charge < -0.3 is 4.74 Å². The summed E-state index contributed by atoms with van der Waals surface area (Å²) >= 11 is 0. The monoisotopic (exact) mass is 152 g/mol. The second-order valence-electron chi connectivity index (χ2n) is 2.11. The zero-order valence-electron chi connectivity index (χ0n) is 7.34. The second kappa shape index (κ2) is 7.29. The SMILES string of the molecule is C=C/C(=C\C=C/C)COCC. The third-order valence-corrected chi connectivity index (χ3v) is 1.24. The zero-order valence-corrected chi connectivity index (χ0v) is 7.34. The van der Waals surface area contributed by atoms with Crippen molar-refractivity contribution in [2.24, 2.45) is 0 Å². The first-order chi connectivity index (χ1) is 5.35. The molecular weight excluding hydrogens is 136 g/mol. The molecule has 0 fully saturated rings. The summed E-state index contributed by atoms with van der Waals surface area (Å²) in [5.41, 5.74) is 1.12. The summed E-state index contributed by atoms with van der Waals surface area (Å²) in [4.78, 5) is 0. The molecule has 0 saturated carbocycles. The van der Waals surface area contributed by atoms with E-state index in [4.69, 9.17) is 4.74 Å². The molecule has 1 heteroatoms. The van der Waals surface area contributed by atoms with Crippen LogP contribution in [0.25, 0.3) is 0 Å². The summed E-state index contributed by atoms with van der Waals surface area (Å²) < 4.78 is 5.21. The van der Waals surface area contributed by atoms with Crippen LogP contribution in [0.5, 0.6) is 0 Å². The summed E-state index contributed by atoms with van der Waals surface area (Å²) in [6.45, 7) is 9.06. The normalized spacial score (nSPS) is 12.4. The van der Waals surface area contributed by atoms with E-state index in [9.17, 15) is 0 Å². The Morgan fingerprint density at radius 1 is 1.55 bits per heavy atom. The Bertz CT molecular complexity index is 154. The van der Waals surface area contributed by atoms with E-state index >= 15 is 0 Å². The largest absolute Gasteiger partial charge is 0.377 e. The molecule has 0 radical (unpaired) electrons. The van der Waals surface area contributed by atoms with Crippen LogP contribution in [0.2, 0.25) is 0 Å². The highest BCUT2D eigenvalue weighted by Gasteiger charge is 1.87. The van der Waals surface area contributed by atoms with Gasteiger partial charge in [-0.2, -0.15) is 0 Å². The van der Waals surface area contributed by atoms with Crippen LogP contribution in [0.1, 0.15) is 13.8 Å². The van der Waals surface area contributed by atoms with Gasteiger partial charge in [-0.25, -0.2) is 0 Å². The molecular formula is C10H16O. The van der Waals surface area contributed by atoms with E-state index < -0.39 is 0 Å². The zero-order chi connectivity index (χ0) is 8.53. The first-order valence-electron chi connectivity index (χ1n) is 3.87. The molecule has 0 heterocycles. The van der Waals surface area contributed by atoms with Gasteiger partial charge in [0.1, 0.15) is 0 Å². The van der Waals surface area contributed by atoms with Gasteiger partial charge in [-0.05, 0) is 19.4 Å². The summed E-state index contributed by atoms with van der Waals surface area (Å²) in [7, 11) is 0. The highest BCUT2D eigenvalue weighted by molar-refractivity contribution is 5.22. The molecule has 0 aliphatic heterocycles. The minimum Gasteiger partial charge on any atom is -0.377 e. The maximum atomic E-state index is 5.21. The van der Waals surface area contributed by atoms with Crippen molar-refractivity contribution in [2.75, 3.05) is 13.2 Å². The third kappa shape index (κ3) is 5.62. The van der Waals surface area contributed by atoms with Gasteiger partial charge in [0.2, 0.25) is 0 Å². The Morgan fingerprint density at radius 2 is 2.27 bits per heavy atom. The molecule has 0 amide bonds. The molecule has 0 atom stereocenters. The van der Waals surface area contributed by atoms with Gasteiger partial charge in [-0.1, -0.05) is 30.9 Å². The van der Waals surface area contributed by atoms with E-state index in [1.807, 2.05) is 38.2 Å². The fraction of sp³-hybridized carbons (Fsp3) is 0.400. The van der Waals surface area contributed by atoms with E-state index in [0.29, 0.717) is 6.61 Å². The van der Waals surface area contributed by atoms with E-state index in [-0.39, 0.29) is 0 Å². The summed E-state index contributed by atoms with van der Waals surface area (Å²) in [6.07, 6.45) is 7.78. The standard InChI is InChI=1S/C10H16O/c1-4-7-8-10(5-2)9-11-6-3/h4-5,7-8H,2,6,9H2,1,3H3/b7-4-,10-8+. The number of allylic oxidation sites excluding steroid dienone is 3. The molecule has 0 rings (SSSR count). The van der Waals surface area contributed by atoms with Crippen LogP contribution in [0, 0.1) is 0 Å². The highest BCUT2D eigenvalue weighted by atomic mass is 16.5. The Kier molecular flexibility index (Phi) is 6.75. The van der Waals surface area contributed by atoms with Gasteiger partial charge in [-0.3, -0.25) is 0 Å². The predicted molar refractivity (Wildman–Crippen MR) is 49.6 cm³/mol. The minimum atomic E-state index is 0.657. The fourth-order valence-electron chi connectivity index (χ4n) is 0.615. The van der Waals surface area contributed by atoms with Gasteiger partial charge in [0, 0.05) is 6.61 Å². The Labute approximate surface area is 69.1 Å². The lowest BCUT2D eigenvalue weighted by Gasteiger charge is -1.99. The van der Waals surface area contributed by atoms with Crippen molar-refractivity contribution in [3.05, 3.63) is 36.5 Å². The highest BCUT2D eigenvalue weighted by Crippen LogP contribution is 1.96. The van der Waals surface area contributed by atoms with Crippen molar-refractivity contribution in [1.29, 1.82) is 0 Å². The van der Waals surface area contributed by atoms with E-state index in [0.717, 1.165) is 12.2 Å². The Balaban J connectivity index is 3.83. The summed E-state index contributed by atoms with van der Waals surface area (Å²) in [5, 5.41) is 0. The lowest BCUT2D eigenvalue weighted by Crippen LogP contribution is -1.94. The average Bonchev–Trinajstić information content (AvgIpc) is 2.05. The molecule has 0 aliphatic rings. The van der Waals surface area contributed by atoms with E-state index in [1.54, 1.807) is 0 Å². The van der Waals surface area contributed by atoms with Crippen molar-refractivity contribution in [3.8, 4) is 0 Å². The quantitative estimate of drug-likeness (QED) is 0.550. The first-order valence-corrected chi connectivity index (χ1v) is 3.87. The lowest BCUT2D eigenvalue weighted by molar-refractivity contribution is 0.173. The van der Waals surface area contributed by atoms with Crippen LogP contribution in [-0.2, 0) is 4.74 Å². The molecule has 1 nitrogen and oxygen atoms in total. The molecule has 62 valence electrons. The van der Waals surface area contributed by atoms with E-state index in [2.05, 4.69) is 6.58 Å². The molecule has 0 spiro atoms. The number of hydrogen-bond acceptors (Lipinski definition) is 1. The Morgan fingerprint density at radius 3 is 2.73 bits per heavy atom. The number of hydrogen-bond donors (Lipinski definition) is 0. The molecule has 0 aromatic rings. The third-order valence-electron chi connectivity index (χ3n) is 1.24. The maximum Gasteiger partial charge on any atom is 0.0716 e. The van der Waals surface area contributed by atoms with Gasteiger partial charge >= 0.3 is 0 Å². The van der Waals surface area contributed by atoms with Gasteiger partial charge in [0.25, 0.3) is 0 Å². The van der Waals surface area contributed by atoms with Gasteiger partial charge in [-0.15, -0.1) is 0 Å². The fourth-order valence-corrected chi connectivity index (χ4v) is 0.615. The van der Waals surface area contributed by atoms with Crippen molar-refractivity contribution in [3.63, 3.8) is 0 Å². The van der Waals surface area contributed by atoms with Crippen LogP contribution >= 0.6 is 0 Å². The van der Waals surface area contributed by atoms with Crippen LogP contribution in [-0.4, -0.2) is 13.2 Å². The molecule has 0 unspecified atom stereocenters. The molecule has 0 aliphatic carbocycles. The molecule has 0 aromatic heterocycles. The van der Waals surface area contributed by atoms with Crippen LogP contribution in [0.15, 0.2) is 36.5 Å². The van der Waals surface area contributed by atoms with Crippen LogP contribution in [0.3, 0.4) is 0 Å². The average molecular weight is 152 g/mol. The predicted octanol–water partition coefficient (Wildman–Crippen LogP) is 2.71. The lowest BCUT2D eigenvalue weighted by atomic mass is 10.2. The van der Waals surface area contributed by atoms with Crippen LogP contribution in [0.4, 0.5) is 0 Å². The maximum absolute atomic E-state index is 5.21. The second-order valence-corrected chi connectivity index (χ2v) is 2.11. The Hall–Kier alpha value is -0.820. The van der Waals surface area contributed by atoms with Crippen molar-refractivity contribution in [1.82, 2.24) is 0 Å². The van der Waals surface area contributed by atoms with Crippen molar-refractivity contribution in [2.45, 2.75) is 13.8 Å².